The first-order valence-electron chi connectivity index (χ1n) is 7.90. The molecule has 2 aliphatic rings. The number of carboxylic acids is 1. The van der Waals surface area contributed by atoms with Crippen LogP contribution in [0, 0.1) is 0 Å². The molecule has 0 aromatic heterocycles. The third-order valence-corrected chi connectivity index (χ3v) is 4.51. The van der Waals surface area contributed by atoms with Crippen LogP contribution >= 0.6 is 0 Å². The molecular weight excluding hydrogens is 256 g/mol. The second-order valence-corrected chi connectivity index (χ2v) is 6.10. The minimum Gasteiger partial charge on any atom is -0.481 e. The van der Waals surface area contributed by atoms with Crippen molar-refractivity contribution in [1.29, 1.82) is 0 Å². The number of piperidine rings is 1. The predicted octanol–water partition coefficient (Wildman–Crippen LogP) is 1.76. The smallest absolute Gasteiger partial charge is 0.303 e. The molecule has 1 aliphatic heterocycles. The van der Waals surface area contributed by atoms with Gasteiger partial charge in [-0.3, -0.25) is 14.5 Å². The number of nitrogens with zero attached hydrogens (tertiary/aromatic N) is 1. The van der Waals surface area contributed by atoms with Crippen LogP contribution < -0.4 is 5.32 Å². The maximum absolute atomic E-state index is 12.1. The number of carbonyl (C=O) groups is 2. The average molecular weight is 282 g/mol. The van der Waals surface area contributed by atoms with Gasteiger partial charge in [0.25, 0.3) is 0 Å². The number of nitrogens with one attached hydrogen (secondary N) is 1. The minimum atomic E-state index is -0.745. The molecule has 0 aromatic carbocycles. The highest BCUT2D eigenvalue weighted by atomic mass is 16.4. The number of amides is 1. The monoisotopic (exact) mass is 282 g/mol. The van der Waals surface area contributed by atoms with Crippen LogP contribution in [0.5, 0.6) is 0 Å². The Morgan fingerprint density at radius 2 is 1.80 bits per heavy atom. The molecule has 2 rings (SSSR count). The minimum absolute atomic E-state index is 0.110. The molecule has 0 bridgehead atoms. The van der Waals surface area contributed by atoms with Gasteiger partial charge < -0.3 is 10.4 Å². The maximum Gasteiger partial charge on any atom is 0.303 e. The van der Waals surface area contributed by atoms with Crippen molar-refractivity contribution in [2.75, 3.05) is 13.1 Å². The zero-order valence-electron chi connectivity index (χ0n) is 12.1. The van der Waals surface area contributed by atoms with Crippen molar-refractivity contribution in [3.63, 3.8) is 0 Å². The van der Waals surface area contributed by atoms with E-state index in [0.717, 1.165) is 38.6 Å². The van der Waals surface area contributed by atoms with Crippen LogP contribution in [0.2, 0.25) is 0 Å². The highest BCUT2D eigenvalue weighted by molar-refractivity contribution is 5.78. The second kappa shape index (κ2) is 7.62. The Labute approximate surface area is 120 Å². The van der Waals surface area contributed by atoms with Crippen molar-refractivity contribution in [2.45, 2.75) is 69.9 Å². The molecule has 1 aliphatic carbocycles. The second-order valence-electron chi connectivity index (χ2n) is 6.10. The Bertz CT molecular complexity index is 340. The zero-order valence-corrected chi connectivity index (χ0v) is 12.1. The summed E-state index contributed by atoms with van der Waals surface area (Å²) in [5.41, 5.74) is 0. The quantitative estimate of drug-likeness (QED) is 0.779. The molecule has 1 saturated carbocycles. The standard InChI is InChI=1S/C15H26N2O3/c18-14(16-12-5-1-2-6-12)11-17-10-4-3-7-13(17)8-9-15(19)20/h12-13H,1-11H2,(H,16,18)(H,19,20). The van der Waals surface area contributed by atoms with Crippen molar-refractivity contribution >= 4 is 11.9 Å². The van der Waals surface area contributed by atoms with Gasteiger partial charge in [0.15, 0.2) is 0 Å². The lowest BCUT2D eigenvalue weighted by molar-refractivity contribution is -0.137. The molecule has 1 unspecified atom stereocenters. The number of hydrogen-bond donors (Lipinski definition) is 2. The fourth-order valence-electron chi connectivity index (χ4n) is 3.41. The summed E-state index contributed by atoms with van der Waals surface area (Å²) >= 11 is 0. The topological polar surface area (TPSA) is 69.6 Å². The van der Waals surface area contributed by atoms with Crippen LogP contribution in [0.15, 0.2) is 0 Å². The van der Waals surface area contributed by atoms with Gasteiger partial charge in [-0.1, -0.05) is 19.3 Å². The molecule has 0 radical (unpaired) electrons. The van der Waals surface area contributed by atoms with Crippen LogP contribution in [0.1, 0.15) is 57.8 Å². The fourth-order valence-corrected chi connectivity index (χ4v) is 3.41. The number of carbonyl (C=O) groups excluding carboxylic acids is 1. The van der Waals surface area contributed by atoms with E-state index in [1.165, 1.54) is 12.8 Å². The first-order valence-corrected chi connectivity index (χ1v) is 7.90. The summed E-state index contributed by atoms with van der Waals surface area (Å²) in [6.07, 6.45) is 8.78. The van der Waals surface area contributed by atoms with Gasteiger partial charge in [-0.2, -0.15) is 0 Å². The Kier molecular flexibility index (Phi) is 5.83. The molecule has 5 nitrogen and oxygen atoms in total. The van der Waals surface area contributed by atoms with Gasteiger partial charge in [0.2, 0.25) is 5.91 Å². The average Bonchev–Trinajstić information content (AvgIpc) is 2.90. The fraction of sp³-hybridized carbons (Fsp3) is 0.867. The third-order valence-electron chi connectivity index (χ3n) is 4.51. The lowest BCUT2D eigenvalue weighted by atomic mass is 9.98. The van der Waals surface area contributed by atoms with Crippen LogP contribution in [-0.2, 0) is 9.59 Å². The van der Waals surface area contributed by atoms with E-state index in [1.807, 2.05) is 0 Å². The summed E-state index contributed by atoms with van der Waals surface area (Å²) < 4.78 is 0. The van der Waals surface area contributed by atoms with E-state index >= 15 is 0 Å². The van der Waals surface area contributed by atoms with Gasteiger partial charge in [-0.15, -0.1) is 0 Å². The summed E-state index contributed by atoms with van der Waals surface area (Å²) in [5.74, 6) is -0.634. The van der Waals surface area contributed by atoms with Gasteiger partial charge in [0.1, 0.15) is 0 Å². The van der Waals surface area contributed by atoms with Gasteiger partial charge in [-0.05, 0) is 38.6 Å². The van der Waals surface area contributed by atoms with Crippen molar-refractivity contribution in [3.05, 3.63) is 0 Å². The van der Waals surface area contributed by atoms with E-state index in [1.54, 1.807) is 0 Å². The first kappa shape index (κ1) is 15.3. The summed E-state index contributed by atoms with van der Waals surface area (Å²) in [5, 5.41) is 11.9. The summed E-state index contributed by atoms with van der Waals surface area (Å²) in [6.45, 7) is 1.35. The number of likely N-dealkylation sites (tertiary alicyclic amines) is 1. The molecule has 5 heteroatoms. The summed E-state index contributed by atoms with van der Waals surface area (Å²) in [4.78, 5) is 25.0. The van der Waals surface area contributed by atoms with Crippen molar-refractivity contribution in [1.82, 2.24) is 10.2 Å². The summed E-state index contributed by atoms with van der Waals surface area (Å²) in [7, 11) is 0. The molecule has 1 saturated heterocycles. The van der Waals surface area contributed by atoms with Gasteiger partial charge in [0, 0.05) is 18.5 Å². The van der Waals surface area contributed by atoms with Crippen molar-refractivity contribution in [2.24, 2.45) is 0 Å². The normalized spacial score (nSPS) is 24.7. The lowest BCUT2D eigenvalue weighted by Crippen LogP contribution is -2.47. The van der Waals surface area contributed by atoms with Gasteiger partial charge in [-0.25, -0.2) is 0 Å². The van der Waals surface area contributed by atoms with E-state index in [-0.39, 0.29) is 18.4 Å². The van der Waals surface area contributed by atoms with Gasteiger partial charge in [0.05, 0.1) is 6.54 Å². The Morgan fingerprint density at radius 1 is 1.10 bits per heavy atom. The maximum atomic E-state index is 12.1. The molecule has 20 heavy (non-hydrogen) atoms. The Balaban J connectivity index is 1.77. The van der Waals surface area contributed by atoms with E-state index in [9.17, 15) is 9.59 Å². The van der Waals surface area contributed by atoms with E-state index in [4.69, 9.17) is 5.11 Å². The number of aliphatic carboxylic acids is 1. The Hall–Kier alpha value is -1.10. The predicted molar refractivity (Wildman–Crippen MR) is 76.5 cm³/mol. The highest BCUT2D eigenvalue weighted by Crippen LogP contribution is 2.21. The molecule has 114 valence electrons. The van der Waals surface area contributed by atoms with Crippen LogP contribution in [-0.4, -0.2) is 47.1 Å². The SMILES string of the molecule is O=C(O)CCC1CCCCN1CC(=O)NC1CCCC1. The molecule has 2 N–H and O–H groups in total. The van der Waals surface area contributed by atoms with Crippen LogP contribution in [0.25, 0.3) is 0 Å². The van der Waals surface area contributed by atoms with Crippen LogP contribution in [0.4, 0.5) is 0 Å². The number of carboxylic acid groups (broad SMARTS) is 1. The van der Waals surface area contributed by atoms with E-state index in [2.05, 4.69) is 10.2 Å². The zero-order chi connectivity index (χ0) is 14.4. The number of rotatable bonds is 6. The van der Waals surface area contributed by atoms with Crippen molar-refractivity contribution < 1.29 is 14.7 Å². The van der Waals surface area contributed by atoms with Crippen LogP contribution in [0.3, 0.4) is 0 Å². The Morgan fingerprint density at radius 3 is 2.50 bits per heavy atom. The number of hydrogen-bond acceptors (Lipinski definition) is 3. The molecule has 0 spiro atoms. The first-order chi connectivity index (χ1) is 9.65. The largest absolute Gasteiger partial charge is 0.481 e. The van der Waals surface area contributed by atoms with E-state index in [0.29, 0.717) is 19.0 Å². The molecule has 2 fully saturated rings. The highest BCUT2D eigenvalue weighted by Gasteiger charge is 2.25. The molecule has 0 aromatic rings. The molecule has 1 heterocycles. The van der Waals surface area contributed by atoms with Crippen molar-refractivity contribution in [3.8, 4) is 0 Å². The van der Waals surface area contributed by atoms with Gasteiger partial charge >= 0.3 is 5.97 Å². The summed E-state index contributed by atoms with van der Waals surface area (Å²) in [6, 6.07) is 0.624. The molecular formula is C15H26N2O3. The molecule has 1 amide bonds. The lowest BCUT2D eigenvalue weighted by Gasteiger charge is -2.35. The van der Waals surface area contributed by atoms with E-state index < -0.39 is 5.97 Å². The molecule has 1 atom stereocenters. The third kappa shape index (κ3) is 4.78.